The molecule has 0 bridgehead atoms. The number of benzene rings is 2. The van der Waals surface area contributed by atoms with Crippen LogP contribution in [0.5, 0.6) is 0 Å². The average Bonchev–Trinajstić information content (AvgIpc) is 3.09. The van der Waals surface area contributed by atoms with Gasteiger partial charge in [0.2, 0.25) is 5.92 Å². The Hall–Kier alpha value is -3.96. The number of rotatable bonds is 12. The molecule has 55 heavy (non-hydrogen) atoms. The van der Waals surface area contributed by atoms with Crippen molar-refractivity contribution < 1.29 is 22.3 Å². The fraction of sp³-hybridized carbons (Fsp3) is 0.545. The summed E-state index contributed by atoms with van der Waals surface area (Å²) in [5.74, 6) is -4.52. The number of hydrogen-bond acceptors (Lipinski definition) is 6. The third kappa shape index (κ3) is 8.88. The quantitative estimate of drug-likeness (QED) is 0.115. The summed E-state index contributed by atoms with van der Waals surface area (Å²) in [7, 11) is 0. The van der Waals surface area contributed by atoms with Gasteiger partial charge in [-0.2, -0.15) is 0 Å². The molecular weight excluding hydrogens is 707 g/mol. The van der Waals surface area contributed by atoms with Gasteiger partial charge in [0.1, 0.15) is 17.5 Å². The van der Waals surface area contributed by atoms with E-state index in [-0.39, 0.29) is 67.4 Å². The largest absolute Gasteiger partial charge is 0.373 e. The van der Waals surface area contributed by atoms with Crippen LogP contribution in [0.15, 0.2) is 41.2 Å². The molecule has 0 spiro atoms. The molecule has 2 fully saturated rings. The minimum absolute atomic E-state index is 0.0191. The summed E-state index contributed by atoms with van der Waals surface area (Å²) in [5.41, 5.74) is 5.43. The third-order valence-electron chi connectivity index (χ3n) is 11.5. The molecule has 1 aliphatic carbocycles. The van der Waals surface area contributed by atoms with Crippen molar-refractivity contribution >= 4 is 16.7 Å². The molecule has 3 unspecified atom stereocenters. The number of pyridine rings is 1. The van der Waals surface area contributed by atoms with E-state index in [2.05, 4.69) is 11.8 Å². The number of aromatic nitrogens is 3. The lowest BCUT2D eigenvalue weighted by Gasteiger charge is -2.35. The van der Waals surface area contributed by atoms with Gasteiger partial charge in [0, 0.05) is 67.3 Å². The minimum Gasteiger partial charge on any atom is -0.373 e. The van der Waals surface area contributed by atoms with Gasteiger partial charge < -0.3 is 10.1 Å². The van der Waals surface area contributed by atoms with Crippen molar-refractivity contribution in [2.45, 2.75) is 136 Å². The second kappa shape index (κ2) is 16.6. The predicted molar refractivity (Wildman–Crippen MR) is 210 cm³/mol. The highest BCUT2D eigenvalue weighted by Crippen LogP contribution is 2.41. The topological polar surface area (TPSA) is 84.1 Å². The maximum Gasteiger partial charge on any atom is 0.267 e. The summed E-state index contributed by atoms with van der Waals surface area (Å²) in [6.07, 6.45) is 2.33. The minimum atomic E-state index is -2.71. The average molecular weight is 762 g/mol. The summed E-state index contributed by atoms with van der Waals surface area (Å²) in [4.78, 5) is 28.0. The van der Waals surface area contributed by atoms with E-state index in [0.717, 1.165) is 34.7 Å². The number of morpholine rings is 1. The molecular formula is C44H55F4N5O2. The Kier molecular flexibility index (Phi) is 12.3. The van der Waals surface area contributed by atoms with E-state index in [9.17, 15) is 17.6 Å². The van der Waals surface area contributed by atoms with Crippen LogP contribution in [0.3, 0.4) is 0 Å². The molecule has 11 heteroatoms. The van der Waals surface area contributed by atoms with Gasteiger partial charge in [-0.3, -0.25) is 14.3 Å². The first-order valence-corrected chi connectivity index (χ1v) is 20.0. The summed E-state index contributed by atoms with van der Waals surface area (Å²) in [6.45, 7) is 15.8. The van der Waals surface area contributed by atoms with Crippen LogP contribution in [0.1, 0.15) is 131 Å². The van der Waals surface area contributed by atoms with E-state index in [4.69, 9.17) is 20.1 Å². The summed E-state index contributed by atoms with van der Waals surface area (Å²) < 4.78 is 65.5. The van der Waals surface area contributed by atoms with Gasteiger partial charge in [0.25, 0.3) is 5.56 Å². The lowest BCUT2D eigenvalue weighted by Crippen LogP contribution is -2.45. The highest BCUT2D eigenvalue weighted by Gasteiger charge is 2.37. The van der Waals surface area contributed by atoms with Crippen LogP contribution in [0, 0.1) is 29.9 Å². The molecule has 6 rings (SSSR count). The highest BCUT2D eigenvalue weighted by atomic mass is 19.3. The van der Waals surface area contributed by atoms with Gasteiger partial charge in [-0.05, 0) is 105 Å². The van der Waals surface area contributed by atoms with Crippen molar-refractivity contribution in [2.75, 3.05) is 13.1 Å². The Balaban J connectivity index is 1.65. The summed E-state index contributed by atoms with van der Waals surface area (Å²) in [5, 5.41) is 9.41. The monoisotopic (exact) mass is 761 g/mol. The second-order valence-electron chi connectivity index (χ2n) is 16.3. The Labute approximate surface area is 322 Å². The summed E-state index contributed by atoms with van der Waals surface area (Å²) in [6, 6.07) is 9.29. The number of nitrogens with one attached hydrogen (secondary N) is 1. The Morgan fingerprint density at radius 3 is 2.24 bits per heavy atom. The molecule has 0 amide bonds. The predicted octanol–water partition coefficient (Wildman–Crippen LogP) is 9.98. The Bertz CT molecular complexity index is 2070. The molecule has 2 aliphatic rings. The van der Waals surface area contributed by atoms with Gasteiger partial charge in [0.15, 0.2) is 5.65 Å². The van der Waals surface area contributed by atoms with Gasteiger partial charge >= 0.3 is 0 Å². The third-order valence-corrected chi connectivity index (χ3v) is 11.5. The van der Waals surface area contributed by atoms with Crippen LogP contribution in [0.4, 0.5) is 17.6 Å². The first-order valence-electron chi connectivity index (χ1n) is 20.0. The van der Waals surface area contributed by atoms with Crippen molar-refractivity contribution in [1.29, 1.82) is 5.41 Å². The maximum absolute atomic E-state index is 15.5. The van der Waals surface area contributed by atoms with Crippen molar-refractivity contribution in [3.63, 3.8) is 0 Å². The normalized spacial score (nSPS) is 20.0. The van der Waals surface area contributed by atoms with Crippen molar-refractivity contribution in [1.82, 2.24) is 19.4 Å². The zero-order valence-electron chi connectivity index (χ0n) is 33.2. The first-order chi connectivity index (χ1) is 26.1. The van der Waals surface area contributed by atoms with Gasteiger partial charge in [-0.15, -0.1) is 0 Å². The van der Waals surface area contributed by atoms with Crippen LogP contribution >= 0.6 is 0 Å². The molecule has 2 aromatic carbocycles. The SMILES string of the molecule is CCCC(=N)c1c(CC)ccc(-n2c(C(Cc3cc(F)cc(F)c3)C(C)C)nc3nc(C4CCC(F)(F)CC4)cc(CN4CC(C)OC(C)C4)c3c2=O)c1C. The Morgan fingerprint density at radius 1 is 0.982 bits per heavy atom. The van der Waals surface area contributed by atoms with Crippen LogP contribution in [0.2, 0.25) is 0 Å². The lowest BCUT2D eigenvalue weighted by molar-refractivity contribution is -0.0704. The van der Waals surface area contributed by atoms with Crippen molar-refractivity contribution in [3.05, 3.63) is 97.7 Å². The first kappa shape index (κ1) is 40.7. The van der Waals surface area contributed by atoms with E-state index in [0.29, 0.717) is 66.3 Å². The van der Waals surface area contributed by atoms with Crippen LogP contribution in [-0.2, 0) is 24.1 Å². The zero-order chi connectivity index (χ0) is 39.8. The van der Waals surface area contributed by atoms with Crippen molar-refractivity contribution in [2.24, 2.45) is 5.92 Å². The standard InChI is InChI=1S/C44H55F4N5O2/c1-8-10-36(49)39-28(7)38(12-11-30(39)9-2)53-42(35(25(3)4)19-29-17-33(45)21-34(46)18-29)51-41-40(43(53)54)32(24-52-22-26(5)55-27(6)23-52)20-37(50-41)31-13-15-44(47,48)16-14-31/h11-12,17-18,20-21,25-27,31,35,49H,8-10,13-16,19,22-24H2,1-7H3. The molecule has 1 N–H and O–H groups in total. The van der Waals surface area contributed by atoms with Gasteiger partial charge in [-0.25, -0.2) is 27.5 Å². The maximum atomic E-state index is 15.5. The molecule has 7 nitrogen and oxygen atoms in total. The molecule has 1 aliphatic heterocycles. The van der Waals surface area contributed by atoms with Crippen molar-refractivity contribution in [3.8, 4) is 5.69 Å². The molecule has 4 aromatic rings. The summed E-state index contributed by atoms with van der Waals surface area (Å²) >= 11 is 0. The van der Waals surface area contributed by atoms with E-state index in [1.165, 1.54) is 12.1 Å². The van der Waals surface area contributed by atoms with E-state index in [1.807, 2.05) is 59.7 Å². The van der Waals surface area contributed by atoms with E-state index in [1.54, 1.807) is 4.57 Å². The number of halogens is 4. The molecule has 3 atom stereocenters. The fourth-order valence-electron chi connectivity index (χ4n) is 8.80. The van der Waals surface area contributed by atoms with Crippen LogP contribution in [0.25, 0.3) is 16.7 Å². The van der Waals surface area contributed by atoms with Crippen LogP contribution < -0.4 is 5.56 Å². The smallest absolute Gasteiger partial charge is 0.267 e. The molecule has 0 radical (unpaired) electrons. The zero-order valence-corrected chi connectivity index (χ0v) is 33.2. The highest BCUT2D eigenvalue weighted by molar-refractivity contribution is 6.01. The molecule has 296 valence electrons. The molecule has 1 saturated heterocycles. The second-order valence-corrected chi connectivity index (χ2v) is 16.3. The number of fused-ring (bicyclic) bond motifs is 1. The van der Waals surface area contributed by atoms with E-state index >= 15 is 4.79 Å². The molecule has 3 heterocycles. The van der Waals surface area contributed by atoms with E-state index < -0.39 is 23.5 Å². The van der Waals surface area contributed by atoms with Gasteiger partial charge in [0.05, 0.1) is 23.3 Å². The van der Waals surface area contributed by atoms with Gasteiger partial charge in [-0.1, -0.05) is 40.2 Å². The number of aryl methyl sites for hydroxylation is 1. The van der Waals surface area contributed by atoms with Crippen LogP contribution in [-0.4, -0.2) is 56.4 Å². The number of hydrogen-bond donors (Lipinski definition) is 1. The number of ether oxygens (including phenoxy) is 1. The number of nitrogens with zero attached hydrogens (tertiary/aromatic N) is 4. The molecule has 2 aromatic heterocycles. The Morgan fingerprint density at radius 2 is 1.64 bits per heavy atom. The molecule has 1 saturated carbocycles. The lowest BCUT2D eigenvalue weighted by atomic mass is 9.84. The fourth-order valence-corrected chi connectivity index (χ4v) is 8.80. The number of alkyl halides is 2.